The second kappa shape index (κ2) is 11.2. The Labute approximate surface area is 171 Å². The van der Waals surface area contributed by atoms with Gasteiger partial charge in [0.15, 0.2) is 0 Å². The molecule has 28 heavy (non-hydrogen) atoms. The van der Waals surface area contributed by atoms with Crippen LogP contribution in [0.3, 0.4) is 0 Å². The van der Waals surface area contributed by atoms with Crippen molar-refractivity contribution in [3.05, 3.63) is 0 Å². The largest absolute Gasteiger partial charge is 0.356 e. The monoisotopic (exact) mass is 391 g/mol. The molecule has 0 aromatic rings. The average Bonchev–Trinajstić information content (AvgIpc) is 2.73. The van der Waals surface area contributed by atoms with E-state index in [1.807, 2.05) is 0 Å². The zero-order valence-corrected chi connectivity index (χ0v) is 18.0. The molecule has 1 atom stereocenters. The van der Waals surface area contributed by atoms with Crippen molar-refractivity contribution in [2.24, 2.45) is 11.8 Å². The Morgan fingerprint density at radius 1 is 0.893 bits per heavy atom. The maximum atomic E-state index is 12.7. The van der Waals surface area contributed by atoms with Crippen LogP contribution < -0.4 is 5.32 Å². The number of rotatable bonds is 7. The Kier molecular flexibility index (Phi) is 8.63. The highest BCUT2D eigenvalue weighted by Crippen LogP contribution is 2.28. The van der Waals surface area contributed by atoms with Gasteiger partial charge in [-0.05, 0) is 64.3 Å². The van der Waals surface area contributed by atoms with Gasteiger partial charge in [0.2, 0.25) is 11.8 Å². The van der Waals surface area contributed by atoms with Gasteiger partial charge in [-0.2, -0.15) is 0 Å². The molecule has 2 heterocycles. The molecule has 2 aliphatic heterocycles. The van der Waals surface area contributed by atoms with Crippen molar-refractivity contribution in [3.63, 3.8) is 0 Å². The molecule has 0 spiro atoms. The first-order valence-corrected chi connectivity index (χ1v) is 11.9. The lowest BCUT2D eigenvalue weighted by atomic mass is 9.87. The maximum Gasteiger partial charge on any atom is 0.225 e. The normalized spacial score (nSPS) is 25.6. The number of hydrogen-bond acceptors (Lipinski definition) is 3. The van der Waals surface area contributed by atoms with Gasteiger partial charge in [-0.3, -0.25) is 9.59 Å². The molecule has 0 bridgehead atoms. The number of piperidine rings is 2. The van der Waals surface area contributed by atoms with E-state index in [9.17, 15) is 9.59 Å². The van der Waals surface area contributed by atoms with Gasteiger partial charge in [0.25, 0.3) is 0 Å². The molecule has 0 radical (unpaired) electrons. The van der Waals surface area contributed by atoms with Crippen LogP contribution in [0.1, 0.15) is 84.0 Å². The van der Waals surface area contributed by atoms with Gasteiger partial charge in [0.1, 0.15) is 0 Å². The van der Waals surface area contributed by atoms with Crippen molar-refractivity contribution in [2.75, 3.05) is 32.7 Å². The van der Waals surface area contributed by atoms with Gasteiger partial charge in [0.05, 0.1) is 0 Å². The first-order valence-electron chi connectivity index (χ1n) is 11.9. The quantitative estimate of drug-likeness (QED) is 0.675. The molecule has 5 heteroatoms. The fourth-order valence-electron chi connectivity index (χ4n) is 5.30. The van der Waals surface area contributed by atoms with E-state index in [0.717, 1.165) is 58.3 Å². The SMILES string of the molecule is C[C@H]1CCCCN1CCCNC(=O)CC1CCN(C(=O)C2CCCCC2)CC1. The van der Waals surface area contributed by atoms with Crippen molar-refractivity contribution in [2.45, 2.75) is 90.0 Å². The third-order valence-corrected chi connectivity index (χ3v) is 7.24. The third kappa shape index (κ3) is 6.47. The van der Waals surface area contributed by atoms with Crippen LogP contribution in [-0.4, -0.2) is 60.4 Å². The zero-order chi connectivity index (χ0) is 19.8. The Morgan fingerprint density at radius 2 is 1.61 bits per heavy atom. The minimum Gasteiger partial charge on any atom is -0.356 e. The molecule has 160 valence electrons. The highest BCUT2D eigenvalue weighted by atomic mass is 16.2. The first kappa shape index (κ1) is 21.6. The maximum absolute atomic E-state index is 12.7. The van der Waals surface area contributed by atoms with Crippen molar-refractivity contribution >= 4 is 11.8 Å². The van der Waals surface area contributed by atoms with E-state index in [-0.39, 0.29) is 11.8 Å². The van der Waals surface area contributed by atoms with E-state index in [2.05, 4.69) is 22.0 Å². The zero-order valence-electron chi connectivity index (χ0n) is 18.0. The van der Waals surface area contributed by atoms with E-state index in [1.165, 1.54) is 45.1 Å². The molecule has 0 unspecified atom stereocenters. The first-order chi connectivity index (χ1) is 13.6. The minimum atomic E-state index is 0.198. The molecular formula is C23H41N3O2. The fourth-order valence-corrected chi connectivity index (χ4v) is 5.30. The Balaban J connectivity index is 1.26. The van der Waals surface area contributed by atoms with Crippen LogP contribution >= 0.6 is 0 Å². The van der Waals surface area contributed by atoms with Crippen LogP contribution in [0, 0.1) is 11.8 Å². The fraction of sp³-hybridized carbons (Fsp3) is 0.913. The smallest absolute Gasteiger partial charge is 0.225 e. The molecule has 0 aromatic carbocycles. The van der Waals surface area contributed by atoms with E-state index < -0.39 is 0 Å². The molecule has 3 aliphatic rings. The summed E-state index contributed by atoms with van der Waals surface area (Å²) in [4.78, 5) is 29.6. The molecule has 2 saturated heterocycles. The van der Waals surface area contributed by atoms with Crippen LogP contribution in [0.25, 0.3) is 0 Å². The predicted molar refractivity (Wildman–Crippen MR) is 113 cm³/mol. The van der Waals surface area contributed by atoms with Gasteiger partial charge >= 0.3 is 0 Å². The lowest BCUT2D eigenvalue weighted by molar-refractivity contribution is -0.138. The van der Waals surface area contributed by atoms with Crippen LogP contribution in [0.2, 0.25) is 0 Å². The molecule has 1 N–H and O–H groups in total. The number of nitrogens with one attached hydrogen (secondary N) is 1. The summed E-state index contributed by atoms with van der Waals surface area (Å²) < 4.78 is 0. The number of hydrogen-bond donors (Lipinski definition) is 1. The summed E-state index contributed by atoms with van der Waals surface area (Å²) in [7, 11) is 0. The molecule has 5 nitrogen and oxygen atoms in total. The van der Waals surface area contributed by atoms with Crippen LogP contribution in [0.5, 0.6) is 0 Å². The molecule has 1 saturated carbocycles. The van der Waals surface area contributed by atoms with Gasteiger partial charge in [-0.15, -0.1) is 0 Å². The lowest BCUT2D eigenvalue weighted by Crippen LogP contribution is -2.43. The molecule has 1 aliphatic carbocycles. The Bertz CT molecular complexity index is 496. The van der Waals surface area contributed by atoms with Gasteiger partial charge in [-0.25, -0.2) is 0 Å². The van der Waals surface area contributed by atoms with Crippen molar-refractivity contribution in [1.29, 1.82) is 0 Å². The number of likely N-dealkylation sites (tertiary alicyclic amines) is 2. The van der Waals surface area contributed by atoms with Crippen LogP contribution in [0.4, 0.5) is 0 Å². The number of carbonyl (C=O) groups excluding carboxylic acids is 2. The Hall–Kier alpha value is -1.10. The molecular weight excluding hydrogens is 350 g/mol. The second-order valence-electron chi connectivity index (χ2n) is 9.39. The van der Waals surface area contributed by atoms with Crippen molar-refractivity contribution < 1.29 is 9.59 Å². The summed E-state index contributed by atoms with van der Waals surface area (Å²) >= 11 is 0. The summed E-state index contributed by atoms with van der Waals surface area (Å²) in [5.74, 6) is 1.30. The second-order valence-corrected chi connectivity index (χ2v) is 9.39. The molecule has 3 fully saturated rings. The van der Waals surface area contributed by atoms with Gasteiger partial charge in [-0.1, -0.05) is 25.7 Å². The summed E-state index contributed by atoms with van der Waals surface area (Å²) in [5.41, 5.74) is 0. The minimum absolute atomic E-state index is 0.198. The van der Waals surface area contributed by atoms with E-state index in [1.54, 1.807) is 0 Å². The van der Waals surface area contributed by atoms with Gasteiger partial charge < -0.3 is 15.1 Å². The van der Waals surface area contributed by atoms with Crippen LogP contribution in [-0.2, 0) is 9.59 Å². The number of amides is 2. The van der Waals surface area contributed by atoms with Crippen molar-refractivity contribution in [3.8, 4) is 0 Å². The molecule has 3 rings (SSSR count). The van der Waals surface area contributed by atoms with E-state index in [4.69, 9.17) is 0 Å². The Morgan fingerprint density at radius 3 is 2.32 bits per heavy atom. The standard InChI is InChI=1S/C23H41N3O2/c1-19-8-5-6-14-25(19)15-7-13-24-22(27)18-20-11-16-26(17-12-20)23(28)21-9-3-2-4-10-21/h19-21H,2-18H2,1H3,(H,24,27)/t19-/m0/s1. The predicted octanol–water partition coefficient (Wildman–Crippen LogP) is 3.58. The lowest BCUT2D eigenvalue weighted by Gasteiger charge is -2.35. The highest BCUT2D eigenvalue weighted by molar-refractivity contribution is 5.79. The summed E-state index contributed by atoms with van der Waals surface area (Å²) in [6, 6.07) is 0.700. The number of nitrogens with zero attached hydrogens (tertiary/aromatic N) is 2. The summed E-state index contributed by atoms with van der Waals surface area (Å²) in [6.07, 6.45) is 13.5. The highest BCUT2D eigenvalue weighted by Gasteiger charge is 2.29. The van der Waals surface area contributed by atoms with E-state index >= 15 is 0 Å². The van der Waals surface area contributed by atoms with Crippen molar-refractivity contribution in [1.82, 2.24) is 15.1 Å². The molecule has 2 amide bonds. The number of carbonyl (C=O) groups is 2. The summed E-state index contributed by atoms with van der Waals surface area (Å²) in [5, 5.41) is 3.12. The average molecular weight is 392 g/mol. The van der Waals surface area contributed by atoms with Crippen LogP contribution in [0.15, 0.2) is 0 Å². The summed E-state index contributed by atoms with van der Waals surface area (Å²) in [6.45, 7) is 7.13. The third-order valence-electron chi connectivity index (χ3n) is 7.24. The van der Waals surface area contributed by atoms with E-state index in [0.29, 0.717) is 24.3 Å². The van der Waals surface area contributed by atoms with Gasteiger partial charge in [0, 0.05) is 44.6 Å². The molecule has 0 aromatic heterocycles. The topological polar surface area (TPSA) is 52.7 Å².